The molecule has 0 aromatic carbocycles. The van der Waals surface area contributed by atoms with Crippen molar-refractivity contribution >= 4 is 23.4 Å². The van der Waals surface area contributed by atoms with Crippen molar-refractivity contribution in [2.45, 2.75) is 25.2 Å². The Morgan fingerprint density at radius 2 is 2.29 bits per heavy atom. The fourth-order valence-electron chi connectivity index (χ4n) is 1.16. The van der Waals surface area contributed by atoms with Crippen LogP contribution < -0.4 is 0 Å². The van der Waals surface area contributed by atoms with Gasteiger partial charge in [-0.3, -0.25) is 4.68 Å². The van der Waals surface area contributed by atoms with Crippen LogP contribution in [0, 0.1) is 0 Å². The van der Waals surface area contributed by atoms with E-state index < -0.39 is 6.10 Å². The topological polar surface area (TPSA) is 38.1 Å². The second-order valence-corrected chi connectivity index (χ2v) is 5.42. The zero-order chi connectivity index (χ0) is 10.7. The van der Waals surface area contributed by atoms with Crippen LogP contribution in [0.4, 0.5) is 0 Å². The lowest BCUT2D eigenvalue weighted by Gasteiger charge is -2.12. The van der Waals surface area contributed by atoms with E-state index in [1.54, 1.807) is 29.7 Å². The van der Waals surface area contributed by atoms with Crippen molar-refractivity contribution < 1.29 is 5.11 Å². The van der Waals surface area contributed by atoms with Crippen LogP contribution in [0.3, 0.4) is 0 Å². The molecular formula is C9H15ClN2OS. The van der Waals surface area contributed by atoms with Crippen molar-refractivity contribution in [1.82, 2.24) is 9.78 Å². The summed E-state index contributed by atoms with van der Waals surface area (Å²) in [6, 6.07) is 0. The maximum Gasteiger partial charge on any atom is 0.106 e. The lowest BCUT2D eigenvalue weighted by molar-refractivity contribution is 0.194. The molecule has 1 heterocycles. The first-order chi connectivity index (χ1) is 6.52. The van der Waals surface area contributed by atoms with Crippen LogP contribution in [-0.4, -0.2) is 25.9 Å². The summed E-state index contributed by atoms with van der Waals surface area (Å²) >= 11 is 7.61. The maximum atomic E-state index is 9.85. The van der Waals surface area contributed by atoms with Crippen molar-refractivity contribution in [3.63, 3.8) is 0 Å². The number of thioether (sulfide) groups is 1. The fraction of sp³-hybridized carbons (Fsp3) is 0.667. The third-order valence-corrected chi connectivity index (χ3v) is 3.31. The lowest BCUT2D eigenvalue weighted by atomic mass is 10.3. The van der Waals surface area contributed by atoms with E-state index in [0.717, 1.165) is 0 Å². The molecule has 1 N–H and O–H groups in total. The largest absolute Gasteiger partial charge is 0.386 e. The summed E-state index contributed by atoms with van der Waals surface area (Å²) < 4.78 is 1.62. The van der Waals surface area contributed by atoms with Gasteiger partial charge in [0.1, 0.15) is 6.10 Å². The smallest absolute Gasteiger partial charge is 0.106 e. The summed E-state index contributed by atoms with van der Waals surface area (Å²) in [6.45, 7) is 4.20. The van der Waals surface area contributed by atoms with E-state index >= 15 is 0 Å². The summed E-state index contributed by atoms with van der Waals surface area (Å²) in [5.41, 5.74) is 0.694. The molecule has 1 aromatic rings. The van der Waals surface area contributed by atoms with Crippen molar-refractivity contribution in [3.8, 4) is 0 Å². The van der Waals surface area contributed by atoms with Crippen molar-refractivity contribution in [2.75, 3.05) is 5.75 Å². The van der Waals surface area contributed by atoms with Gasteiger partial charge in [0.25, 0.3) is 0 Å². The van der Waals surface area contributed by atoms with Crippen LogP contribution in [0.1, 0.15) is 25.6 Å². The minimum atomic E-state index is -0.539. The molecule has 0 spiro atoms. The Morgan fingerprint density at radius 1 is 1.64 bits per heavy atom. The molecule has 14 heavy (non-hydrogen) atoms. The number of aliphatic hydroxyl groups is 1. The van der Waals surface area contributed by atoms with Gasteiger partial charge < -0.3 is 5.11 Å². The molecule has 80 valence electrons. The van der Waals surface area contributed by atoms with E-state index in [4.69, 9.17) is 11.6 Å². The van der Waals surface area contributed by atoms with Gasteiger partial charge in [0.15, 0.2) is 0 Å². The summed E-state index contributed by atoms with van der Waals surface area (Å²) in [7, 11) is 1.78. The lowest BCUT2D eigenvalue weighted by Crippen LogP contribution is -2.09. The SMILES string of the molecule is CC(C)SCC(O)c1c(Cl)cnn1C. The molecule has 3 nitrogen and oxygen atoms in total. The predicted octanol–water partition coefficient (Wildman–Crippen LogP) is 2.25. The second kappa shape index (κ2) is 5.05. The molecule has 0 saturated carbocycles. The summed E-state index contributed by atoms with van der Waals surface area (Å²) in [6.07, 6.45) is 1.02. The van der Waals surface area contributed by atoms with Crippen LogP contribution >= 0.6 is 23.4 Å². The number of hydrogen-bond donors (Lipinski definition) is 1. The summed E-state index contributed by atoms with van der Waals surface area (Å²) in [4.78, 5) is 0. The zero-order valence-corrected chi connectivity index (χ0v) is 10.1. The van der Waals surface area contributed by atoms with Gasteiger partial charge in [-0.25, -0.2) is 0 Å². The molecule has 1 aromatic heterocycles. The number of aryl methyl sites for hydroxylation is 1. The zero-order valence-electron chi connectivity index (χ0n) is 8.57. The Labute approximate surface area is 93.4 Å². The first-order valence-corrected chi connectivity index (χ1v) is 5.92. The highest BCUT2D eigenvalue weighted by atomic mass is 35.5. The van der Waals surface area contributed by atoms with Crippen molar-refractivity contribution in [1.29, 1.82) is 0 Å². The van der Waals surface area contributed by atoms with E-state index in [2.05, 4.69) is 18.9 Å². The molecule has 1 unspecified atom stereocenters. The van der Waals surface area contributed by atoms with E-state index in [1.165, 1.54) is 0 Å². The number of aromatic nitrogens is 2. The normalized spacial score (nSPS) is 13.6. The van der Waals surface area contributed by atoms with Gasteiger partial charge in [0.2, 0.25) is 0 Å². The molecule has 0 aliphatic rings. The monoisotopic (exact) mass is 234 g/mol. The molecule has 5 heteroatoms. The molecule has 0 saturated heterocycles. The number of nitrogens with zero attached hydrogens (tertiary/aromatic N) is 2. The van der Waals surface area contributed by atoms with Gasteiger partial charge in [-0.15, -0.1) is 0 Å². The highest BCUT2D eigenvalue weighted by molar-refractivity contribution is 7.99. The minimum absolute atomic E-state index is 0.511. The average molecular weight is 235 g/mol. The van der Waals surface area contributed by atoms with Crippen LogP contribution in [0.2, 0.25) is 5.02 Å². The van der Waals surface area contributed by atoms with Gasteiger partial charge in [-0.2, -0.15) is 16.9 Å². The van der Waals surface area contributed by atoms with E-state index in [-0.39, 0.29) is 0 Å². The molecule has 0 fully saturated rings. The van der Waals surface area contributed by atoms with Crippen molar-refractivity contribution in [3.05, 3.63) is 16.9 Å². The predicted molar refractivity (Wildman–Crippen MR) is 60.8 cm³/mol. The Kier molecular flexibility index (Phi) is 4.29. The first kappa shape index (κ1) is 11.9. The maximum absolute atomic E-state index is 9.85. The van der Waals surface area contributed by atoms with Crippen LogP contribution in [0.15, 0.2) is 6.20 Å². The van der Waals surface area contributed by atoms with E-state index in [9.17, 15) is 5.11 Å². The molecule has 0 bridgehead atoms. The average Bonchev–Trinajstić information content (AvgIpc) is 2.42. The molecule has 0 amide bonds. The van der Waals surface area contributed by atoms with Crippen LogP contribution in [-0.2, 0) is 7.05 Å². The molecule has 1 rings (SSSR count). The van der Waals surface area contributed by atoms with Gasteiger partial charge in [0.05, 0.1) is 16.9 Å². The molecule has 0 radical (unpaired) electrons. The number of aliphatic hydroxyl groups excluding tert-OH is 1. The van der Waals surface area contributed by atoms with Gasteiger partial charge in [-0.1, -0.05) is 25.4 Å². The van der Waals surface area contributed by atoms with Gasteiger partial charge >= 0.3 is 0 Å². The minimum Gasteiger partial charge on any atom is -0.386 e. The van der Waals surface area contributed by atoms with Crippen LogP contribution in [0.5, 0.6) is 0 Å². The Hall–Kier alpha value is -0.190. The summed E-state index contributed by atoms with van der Waals surface area (Å²) in [5.74, 6) is 0.650. The Morgan fingerprint density at radius 3 is 2.71 bits per heavy atom. The second-order valence-electron chi connectivity index (χ2n) is 3.40. The Bertz CT molecular complexity index is 282. The highest BCUT2D eigenvalue weighted by Crippen LogP contribution is 2.26. The van der Waals surface area contributed by atoms with Gasteiger partial charge in [0, 0.05) is 12.8 Å². The molecular weight excluding hydrogens is 220 g/mol. The Balaban J connectivity index is 2.64. The van der Waals surface area contributed by atoms with E-state index in [0.29, 0.717) is 21.7 Å². The van der Waals surface area contributed by atoms with E-state index in [1.807, 2.05) is 0 Å². The molecule has 0 aliphatic carbocycles. The number of hydrogen-bond acceptors (Lipinski definition) is 3. The highest BCUT2D eigenvalue weighted by Gasteiger charge is 2.16. The molecule has 1 atom stereocenters. The number of rotatable bonds is 4. The van der Waals surface area contributed by atoms with Crippen LogP contribution in [0.25, 0.3) is 0 Å². The third kappa shape index (κ3) is 2.90. The first-order valence-electron chi connectivity index (χ1n) is 4.49. The third-order valence-electron chi connectivity index (χ3n) is 1.84. The van der Waals surface area contributed by atoms with Crippen molar-refractivity contribution in [2.24, 2.45) is 7.05 Å². The quantitative estimate of drug-likeness (QED) is 0.869. The fourth-order valence-corrected chi connectivity index (χ4v) is 2.17. The number of halogens is 1. The standard InChI is InChI=1S/C9H15ClN2OS/c1-6(2)14-5-8(13)9-7(10)4-11-12(9)3/h4,6,8,13H,5H2,1-3H3. The summed E-state index contributed by atoms with van der Waals surface area (Å²) in [5, 5.41) is 14.9. The molecule has 0 aliphatic heterocycles. The van der Waals surface area contributed by atoms with Gasteiger partial charge in [-0.05, 0) is 5.25 Å².